The van der Waals surface area contributed by atoms with Crippen molar-refractivity contribution in [3.05, 3.63) is 45.5 Å². The first-order valence-corrected chi connectivity index (χ1v) is 7.65. The number of methoxy groups -OCH3 is 2. The quantitative estimate of drug-likeness (QED) is 0.637. The molecule has 7 heteroatoms. The molecule has 1 aromatic heterocycles. The number of cyclic esters (lactones) is 1. The smallest absolute Gasteiger partial charge is 0.363 e. The number of nitrogens with zero attached hydrogens (tertiary/aromatic N) is 2. The maximum absolute atomic E-state index is 12.0. The van der Waals surface area contributed by atoms with Gasteiger partial charge in [-0.15, -0.1) is 11.3 Å². The molecular weight excluding hydrogens is 316 g/mol. The first kappa shape index (κ1) is 15.2. The Balaban J connectivity index is 1.96. The van der Waals surface area contributed by atoms with Crippen LogP contribution in [-0.4, -0.2) is 31.1 Å². The van der Waals surface area contributed by atoms with Gasteiger partial charge in [0, 0.05) is 17.0 Å². The number of carbonyl (C=O) groups is 1. The molecule has 23 heavy (non-hydrogen) atoms. The Hall–Kier alpha value is -2.67. The summed E-state index contributed by atoms with van der Waals surface area (Å²) in [7, 11) is 3.11. The minimum Gasteiger partial charge on any atom is -0.497 e. The number of esters is 1. The highest BCUT2D eigenvalue weighted by Gasteiger charge is 2.25. The standard InChI is InChI=1S/C16H14N2O4S/c1-9-17-11(8-23-9)6-14-16(19)22-15(18-14)10-4-12(20-2)7-13(5-10)21-3/h4-8H,1-3H3. The van der Waals surface area contributed by atoms with E-state index in [2.05, 4.69) is 9.98 Å². The molecule has 0 aliphatic carbocycles. The zero-order valence-electron chi connectivity index (χ0n) is 12.8. The summed E-state index contributed by atoms with van der Waals surface area (Å²) in [5, 5.41) is 2.78. The predicted molar refractivity (Wildman–Crippen MR) is 87.0 cm³/mol. The average molecular weight is 330 g/mol. The number of hydrogen-bond donors (Lipinski definition) is 0. The van der Waals surface area contributed by atoms with E-state index in [0.29, 0.717) is 22.8 Å². The zero-order chi connectivity index (χ0) is 16.4. The normalized spacial score (nSPS) is 15.5. The van der Waals surface area contributed by atoms with Crippen LogP contribution in [0, 0.1) is 6.92 Å². The lowest BCUT2D eigenvalue weighted by Crippen LogP contribution is -2.06. The van der Waals surface area contributed by atoms with E-state index in [1.165, 1.54) is 11.3 Å². The molecule has 0 bridgehead atoms. The summed E-state index contributed by atoms with van der Waals surface area (Å²) < 4.78 is 15.7. The van der Waals surface area contributed by atoms with E-state index in [4.69, 9.17) is 14.2 Å². The second-order valence-electron chi connectivity index (χ2n) is 4.73. The Morgan fingerprint density at radius 3 is 2.43 bits per heavy atom. The van der Waals surface area contributed by atoms with Gasteiger partial charge < -0.3 is 14.2 Å². The van der Waals surface area contributed by atoms with Crippen molar-refractivity contribution in [1.82, 2.24) is 4.98 Å². The predicted octanol–water partition coefficient (Wildman–Crippen LogP) is 2.81. The lowest BCUT2D eigenvalue weighted by molar-refractivity contribution is -0.129. The summed E-state index contributed by atoms with van der Waals surface area (Å²) in [6.07, 6.45) is 1.61. The molecule has 118 valence electrons. The van der Waals surface area contributed by atoms with Crippen molar-refractivity contribution in [3.8, 4) is 11.5 Å². The largest absolute Gasteiger partial charge is 0.497 e. The van der Waals surface area contributed by atoms with Gasteiger partial charge in [0.25, 0.3) is 0 Å². The number of benzene rings is 1. The van der Waals surface area contributed by atoms with Gasteiger partial charge in [-0.05, 0) is 25.1 Å². The van der Waals surface area contributed by atoms with Crippen LogP contribution in [0.3, 0.4) is 0 Å². The molecule has 2 aromatic rings. The van der Waals surface area contributed by atoms with Crippen LogP contribution in [0.5, 0.6) is 11.5 Å². The molecular formula is C16H14N2O4S. The monoisotopic (exact) mass is 330 g/mol. The number of aryl methyl sites for hydroxylation is 1. The summed E-state index contributed by atoms with van der Waals surface area (Å²) in [6.45, 7) is 1.90. The summed E-state index contributed by atoms with van der Waals surface area (Å²) in [5.41, 5.74) is 1.51. The highest BCUT2D eigenvalue weighted by atomic mass is 32.1. The molecule has 0 N–H and O–H groups in total. The van der Waals surface area contributed by atoms with Crippen LogP contribution in [0.25, 0.3) is 6.08 Å². The first-order valence-electron chi connectivity index (χ1n) is 6.77. The van der Waals surface area contributed by atoms with E-state index >= 15 is 0 Å². The Labute approximate surface area is 137 Å². The average Bonchev–Trinajstić information content (AvgIpc) is 3.13. The fourth-order valence-corrected chi connectivity index (χ4v) is 2.62. The topological polar surface area (TPSA) is 70.0 Å². The van der Waals surface area contributed by atoms with Gasteiger partial charge in [-0.2, -0.15) is 0 Å². The van der Waals surface area contributed by atoms with Crippen molar-refractivity contribution in [2.45, 2.75) is 6.92 Å². The highest BCUT2D eigenvalue weighted by Crippen LogP contribution is 2.26. The summed E-state index contributed by atoms with van der Waals surface area (Å²) in [6, 6.07) is 5.19. The Kier molecular flexibility index (Phi) is 4.12. The molecule has 1 aromatic carbocycles. The van der Waals surface area contributed by atoms with Gasteiger partial charge in [-0.3, -0.25) is 0 Å². The number of rotatable bonds is 4. The van der Waals surface area contributed by atoms with E-state index in [1.54, 1.807) is 38.5 Å². The number of thiazole rings is 1. The molecule has 0 amide bonds. The van der Waals surface area contributed by atoms with Crippen molar-refractivity contribution in [3.63, 3.8) is 0 Å². The van der Waals surface area contributed by atoms with E-state index in [9.17, 15) is 4.79 Å². The molecule has 0 spiro atoms. The molecule has 0 radical (unpaired) electrons. The Morgan fingerprint density at radius 1 is 1.17 bits per heavy atom. The lowest BCUT2D eigenvalue weighted by Gasteiger charge is -2.07. The van der Waals surface area contributed by atoms with Gasteiger partial charge in [0.2, 0.25) is 5.90 Å². The number of carbonyl (C=O) groups excluding carboxylic acids is 1. The number of aromatic nitrogens is 1. The second-order valence-corrected chi connectivity index (χ2v) is 5.79. The van der Waals surface area contributed by atoms with E-state index < -0.39 is 5.97 Å². The van der Waals surface area contributed by atoms with Crippen molar-refractivity contribution < 1.29 is 19.0 Å². The van der Waals surface area contributed by atoms with Gasteiger partial charge in [0.1, 0.15) is 11.5 Å². The van der Waals surface area contributed by atoms with Gasteiger partial charge in [-0.25, -0.2) is 14.8 Å². The minimum absolute atomic E-state index is 0.213. The molecule has 1 aliphatic rings. The summed E-state index contributed by atoms with van der Waals surface area (Å²) in [5.74, 6) is 0.883. The van der Waals surface area contributed by atoms with Crippen molar-refractivity contribution in [2.24, 2.45) is 4.99 Å². The van der Waals surface area contributed by atoms with Gasteiger partial charge in [0.05, 0.1) is 24.9 Å². The van der Waals surface area contributed by atoms with Crippen LogP contribution in [-0.2, 0) is 9.53 Å². The molecule has 3 rings (SSSR count). The van der Waals surface area contributed by atoms with E-state index in [-0.39, 0.29) is 11.6 Å². The Morgan fingerprint density at radius 2 is 1.87 bits per heavy atom. The molecule has 2 heterocycles. The molecule has 0 unspecified atom stereocenters. The van der Waals surface area contributed by atoms with Crippen molar-refractivity contribution >= 4 is 29.3 Å². The fraction of sp³-hybridized carbons (Fsp3) is 0.188. The van der Waals surface area contributed by atoms with Crippen molar-refractivity contribution in [2.75, 3.05) is 14.2 Å². The van der Waals surface area contributed by atoms with Crippen LogP contribution in [0.2, 0.25) is 0 Å². The summed E-state index contributed by atoms with van der Waals surface area (Å²) >= 11 is 1.51. The van der Waals surface area contributed by atoms with Crippen LogP contribution in [0.15, 0.2) is 34.3 Å². The third-order valence-electron chi connectivity index (χ3n) is 3.14. The number of aliphatic imine (C=N–C) groups is 1. The highest BCUT2D eigenvalue weighted by molar-refractivity contribution is 7.09. The molecule has 6 nitrogen and oxygen atoms in total. The van der Waals surface area contributed by atoms with Gasteiger partial charge >= 0.3 is 5.97 Å². The molecule has 0 saturated heterocycles. The van der Waals surface area contributed by atoms with E-state index in [0.717, 1.165) is 5.01 Å². The SMILES string of the molecule is COc1cc(OC)cc(C2=NC(=Cc3csc(C)n3)C(=O)O2)c1. The maximum atomic E-state index is 12.0. The Bertz CT molecular complexity index is 801. The summed E-state index contributed by atoms with van der Waals surface area (Å²) in [4.78, 5) is 20.5. The second kappa shape index (κ2) is 6.21. The lowest BCUT2D eigenvalue weighted by atomic mass is 10.2. The third kappa shape index (κ3) is 3.24. The van der Waals surface area contributed by atoms with Gasteiger partial charge in [0.15, 0.2) is 5.70 Å². The third-order valence-corrected chi connectivity index (χ3v) is 3.93. The van der Waals surface area contributed by atoms with Crippen LogP contribution < -0.4 is 9.47 Å². The number of ether oxygens (including phenoxy) is 3. The molecule has 0 atom stereocenters. The zero-order valence-corrected chi connectivity index (χ0v) is 13.6. The number of hydrogen-bond acceptors (Lipinski definition) is 7. The van der Waals surface area contributed by atoms with E-state index in [1.807, 2.05) is 12.3 Å². The fourth-order valence-electron chi connectivity index (χ4n) is 2.05. The first-order chi connectivity index (χ1) is 11.1. The van der Waals surface area contributed by atoms with Gasteiger partial charge in [-0.1, -0.05) is 0 Å². The minimum atomic E-state index is -0.507. The molecule has 0 fully saturated rings. The maximum Gasteiger partial charge on any atom is 0.363 e. The van der Waals surface area contributed by atoms with Crippen LogP contribution in [0.4, 0.5) is 0 Å². The molecule has 1 aliphatic heterocycles. The molecule has 0 saturated carbocycles. The van der Waals surface area contributed by atoms with Crippen LogP contribution in [0.1, 0.15) is 16.3 Å². The van der Waals surface area contributed by atoms with Crippen LogP contribution >= 0.6 is 11.3 Å². The van der Waals surface area contributed by atoms with Crippen molar-refractivity contribution in [1.29, 1.82) is 0 Å².